The second kappa shape index (κ2) is 6.64. The first kappa shape index (κ1) is 12.4. The van der Waals surface area contributed by atoms with Crippen molar-refractivity contribution in [2.75, 3.05) is 0 Å². The molecule has 0 saturated heterocycles. The summed E-state index contributed by atoms with van der Waals surface area (Å²) in [7, 11) is 0. The zero-order valence-corrected chi connectivity index (χ0v) is 10.9. The zero-order chi connectivity index (χ0) is 11.9. The second-order valence-corrected chi connectivity index (χ2v) is 5.30. The lowest BCUT2D eigenvalue weighted by Gasteiger charge is -1.97. The molecule has 0 heterocycles. The third kappa shape index (κ3) is 4.38. The molecule has 0 spiro atoms. The molecule has 0 amide bonds. The van der Waals surface area contributed by atoms with Gasteiger partial charge in [-0.1, -0.05) is 75.1 Å². The van der Waals surface area contributed by atoms with E-state index in [4.69, 9.17) is 0 Å². The van der Waals surface area contributed by atoms with Gasteiger partial charge in [-0.2, -0.15) is 0 Å². The maximum absolute atomic E-state index is 2.36. The Morgan fingerprint density at radius 1 is 1.12 bits per heavy atom. The van der Waals surface area contributed by atoms with Crippen molar-refractivity contribution < 1.29 is 0 Å². The smallest absolute Gasteiger partial charge is 0.0260 e. The van der Waals surface area contributed by atoms with Crippen molar-refractivity contribution in [1.82, 2.24) is 0 Å². The lowest BCUT2D eigenvalue weighted by Crippen LogP contribution is -1.82. The van der Waals surface area contributed by atoms with Gasteiger partial charge in [0.2, 0.25) is 0 Å². The molecular weight excluding hydrogens is 204 g/mol. The average molecular weight is 228 g/mol. The minimum absolute atomic E-state index is 0.992. The Labute approximate surface area is 106 Å². The van der Waals surface area contributed by atoms with Crippen molar-refractivity contribution in [2.45, 2.75) is 45.4 Å². The Bertz CT molecular complexity index is 336. The molecule has 1 aromatic rings. The van der Waals surface area contributed by atoms with Crippen molar-refractivity contribution in [3.63, 3.8) is 0 Å². The lowest BCUT2D eigenvalue weighted by molar-refractivity contribution is 0.584. The van der Waals surface area contributed by atoms with Gasteiger partial charge in [-0.05, 0) is 30.2 Å². The highest BCUT2D eigenvalue weighted by atomic mass is 14.4. The van der Waals surface area contributed by atoms with Crippen molar-refractivity contribution >= 4 is 6.08 Å². The van der Waals surface area contributed by atoms with E-state index in [2.05, 4.69) is 49.4 Å². The highest BCUT2D eigenvalue weighted by Crippen LogP contribution is 2.45. The molecule has 0 unspecified atom stereocenters. The molecule has 0 heteroatoms. The van der Waals surface area contributed by atoms with Crippen LogP contribution in [-0.4, -0.2) is 0 Å². The summed E-state index contributed by atoms with van der Waals surface area (Å²) in [5, 5.41) is 0. The van der Waals surface area contributed by atoms with Gasteiger partial charge in [-0.25, -0.2) is 0 Å². The van der Waals surface area contributed by atoms with Gasteiger partial charge in [-0.3, -0.25) is 0 Å². The Kier molecular flexibility index (Phi) is 4.85. The first-order chi connectivity index (χ1) is 8.40. The predicted octanol–water partition coefficient (Wildman–Crippen LogP) is 5.31. The molecule has 1 fully saturated rings. The number of allylic oxidation sites excluding steroid dienone is 1. The van der Waals surface area contributed by atoms with Crippen molar-refractivity contribution in [2.24, 2.45) is 11.8 Å². The molecule has 2 rings (SSSR count). The van der Waals surface area contributed by atoms with Crippen LogP contribution in [0.3, 0.4) is 0 Å². The number of hydrogen-bond donors (Lipinski definition) is 0. The number of hydrogen-bond acceptors (Lipinski definition) is 0. The molecule has 1 aliphatic rings. The third-order valence-electron chi connectivity index (χ3n) is 3.80. The molecule has 1 aromatic carbocycles. The fourth-order valence-corrected chi connectivity index (χ4v) is 2.55. The van der Waals surface area contributed by atoms with E-state index < -0.39 is 0 Å². The largest absolute Gasteiger partial charge is 0.0837 e. The van der Waals surface area contributed by atoms with E-state index in [1.54, 1.807) is 0 Å². The minimum Gasteiger partial charge on any atom is -0.0837 e. The number of rotatable bonds is 7. The van der Waals surface area contributed by atoms with E-state index >= 15 is 0 Å². The molecule has 1 aliphatic carbocycles. The minimum atomic E-state index is 0.992. The van der Waals surface area contributed by atoms with Crippen LogP contribution in [0.15, 0.2) is 36.4 Å². The van der Waals surface area contributed by atoms with E-state index in [-0.39, 0.29) is 0 Å². The lowest BCUT2D eigenvalue weighted by atomic mass is 10.1. The van der Waals surface area contributed by atoms with E-state index in [1.165, 1.54) is 44.1 Å². The standard InChI is InChI=1S/C17H24/c1-2-3-5-12-16-14-17(16)13-8-11-15-9-6-4-7-10-15/h4,6-11,16-17H,2-3,5,12-14H2,1H3/b11-8+/t16-,17+/m1/s1. The van der Waals surface area contributed by atoms with Crippen molar-refractivity contribution in [3.05, 3.63) is 42.0 Å². The van der Waals surface area contributed by atoms with E-state index in [9.17, 15) is 0 Å². The number of benzene rings is 1. The number of unbranched alkanes of at least 4 members (excludes halogenated alkanes) is 2. The molecule has 0 radical (unpaired) electrons. The Balaban J connectivity index is 1.62. The molecule has 0 aliphatic heterocycles. The fraction of sp³-hybridized carbons (Fsp3) is 0.529. The van der Waals surface area contributed by atoms with E-state index in [0.717, 1.165) is 11.8 Å². The van der Waals surface area contributed by atoms with E-state index in [1.807, 2.05) is 0 Å². The summed E-state index contributed by atoms with van der Waals surface area (Å²) in [4.78, 5) is 0. The summed E-state index contributed by atoms with van der Waals surface area (Å²) in [6, 6.07) is 10.6. The van der Waals surface area contributed by atoms with Crippen LogP contribution in [0.1, 0.15) is 51.0 Å². The van der Waals surface area contributed by atoms with Crippen LogP contribution in [-0.2, 0) is 0 Å². The highest BCUT2D eigenvalue weighted by Gasteiger charge is 2.34. The van der Waals surface area contributed by atoms with E-state index in [0.29, 0.717) is 0 Å². The van der Waals surface area contributed by atoms with Crippen LogP contribution in [0.4, 0.5) is 0 Å². The highest BCUT2D eigenvalue weighted by molar-refractivity contribution is 5.48. The molecule has 2 atom stereocenters. The predicted molar refractivity (Wildman–Crippen MR) is 75.8 cm³/mol. The summed E-state index contributed by atoms with van der Waals surface area (Å²) in [5.74, 6) is 2.04. The molecule has 92 valence electrons. The first-order valence-corrected chi connectivity index (χ1v) is 7.11. The quantitative estimate of drug-likeness (QED) is 0.555. The molecule has 0 aromatic heterocycles. The maximum atomic E-state index is 2.36. The monoisotopic (exact) mass is 228 g/mol. The summed E-state index contributed by atoms with van der Waals surface area (Å²) in [6.07, 6.45) is 13.1. The first-order valence-electron chi connectivity index (χ1n) is 7.11. The Hall–Kier alpha value is -1.04. The summed E-state index contributed by atoms with van der Waals surface area (Å²) < 4.78 is 0. The maximum Gasteiger partial charge on any atom is -0.0260 e. The van der Waals surface area contributed by atoms with Crippen LogP contribution >= 0.6 is 0 Å². The molecule has 17 heavy (non-hydrogen) atoms. The van der Waals surface area contributed by atoms with Gasteiger partial charge in [0.25, 0.3) is 0 Å². The van der Waals surface area contributed by atoms with Gasteiger partial charge in [0, 0.05) is 0 Å². The fourth-order valence-electron chi connectivity index (χ4n) is 2.55. The Morgan fingerprint density at radius 2 is 1.94 bits per heavy atom. The summed E-state index contributed by atoms with van der Waals surface area (Å²) in [6.45, 7) is 2.28. The molecule has 1 saturated carbocycles. The van der Waals surface area contributed by atoms with Crippen LogP contribution in [0, 0.1) is 11.8 Å². The van der Waals surface area contributed by atoms with Gasteiger partial charge < -0.3 is 0 Å². The summed E-state index contributed by atoms with van der Waals surface area (Å²) in [5.41, 5.74) is 1.33. The van der Waals surface area contributed by atoms with Gasteiger partial charge >= 0.3 is 0 Å². The van der Waals surface area contributed by atoms with Crippen molar-refractivity contribution in [3.8, 4) is 0 Å². The molecule has 0 N–H and O–H groups in total. The Morgan fingerprint density at radius 3 is 2.71 bits per heavy atom. The SMILES string of the molecule is CCCCC[C@@H]1C[C@@H]1C/C=C/c1ccccc1. The summed E-state index contributed by atoms with van der Waals surface area (Å²) >= 11 is 0. The molecule has 0 nitrogen and oxygen atoms in total. The van der Waals surface area contributed by atoms with Gasteiger partial charge in [0.15, 0.2) is 0 Å². The van der Waals surface area contributed by atoms with Crippen LogP contribution < -0.4 is 0 Å². The van der Waals surface area contributed by atoms with Gasteiger partial charge in [0.05, 0.1) is 0 Å². The van der Waals surface area contributed by atoms with Crippen LogP contribution in [0.2, 0.25) is 0 Å². The second-order valence-electron chi connectivity index (χ2n) is 5.30. The molecule has 0 bridgehead atoms. The topological polar surface area (TPSA) is 0 Å². The van der Waals surface area contributed by atoms with Crippen molar-refractivity contribution in [1.29, 1.82) is 0 Å². The average Bonchev–Trinajstić information content (AvgIpc) is 3.10. The van der Waals surface area contributed by atoms with Crippen LogP contribution in [0.5, 0.6) is 0 Å². The van der Waals surface area contributed by atoms with Gasteiger partial charge in [0.1, 0.15) is 0 Å². The normalized spacial score (nSPS) is 23.1. The van der Waals surface area contributed by atoms with Crippen LogP contribution in [0.25, 0.3) is 6.08 Å². The zero-order valence-electron chi connectivity index (χ0n) is 10.9. The molecular formula is C17H24. The van der Waals surface area contributed by atoms with Gasteiger partial charge in [-0.15, -0.1) is 0 Å². The third-order valence-corrected chi connectivity index (χ3v) is 3.80.